The van der Waals surface area contributed by atoms with Crippen LogP contribution in [0.4, 0.5) is 0 Å². The number of nitrogens with zero attached hydrogens (tertiary/aromatic N) is 1. The minimum atomic E-state index is 0.175. The first-order chi connectivity index (χ1) is 5.34. The summed E-state index contributed by atoms with van der Waals surface area (Å²) >= 11 is 5.72. The summed E-state index contributed by atoms with van der Waals surface area (Å²) in [4.78, 5) is 4.96. The Morgan fingerprint density at radius 2 is 2.45 bits per heavy atom. The number of pyridine rings is 1. The molecule has 1 rings (SSSR count). The van der Waals surface area contributed by atoms with Crippen LogP contribution in [-0.4, -0.2) is 22.5 Å². The van der Waals surface area contributed by atoms with Crippen molar-refractivity contribution in [2.24, 2.45) is 0 Å². The molecule has 4 heteroatoms. The van der Waals surface area contributed by atoms with Crippen molar-refractivity contribution in [2.45, 2.75) is 9.92 Å². The molecule has 0 amide bonds. The van der Waals surface area contributed by atoms with Crippen LogP contribution in [0, 0.1) is 0 Å². The summed E-state index contributed by atoms with van der Waals surface area (Å²) in [5.41, 5.74) is 0. The van der Waals surface area contributed by atoms with Crippen molar-refractivity contribution in [1.29, 1.82) is 0 Å². The summed E-state index contributed by atoms with van der Waals surface area (Å²) in [6.07, 6.45) is 1.72. The molecule has 0 radical (unpaired) electrons. The van der Waals surface area contributed by atoms with E-state index in [1.54, 1.807) is 6.20 Å². The third-order valence-corrected chi connectivity index (χ3v) is 2.58. The standard InChI is InChI=1S/C7H9NOS2/c9-4-5-11-7-6(10)2-1-3-8-7/h1-3,9-10H,4-5H2. The van der Waals surface area contributed by atoms with Crippen molar-refractivity contribution >= 4 is 24.4 Å². The summed E-state index contributed by atoms with van der Waals surface area (Å²) in [5, 5.41) is 9.42. The highest BCUT2D eigenvalue weighted by molar-refractivity contribution is 7.99. The molecule has 1 aromatic heterocycles. The third kappa shape index (κ3) is 2.73. The van der Waals surface area contributed by atoms with Crippen molar-refractivity contribution in [1.82, 2.24) is 4.98 Å². The Labute approximate surface area is 75.5 Å². The van der Waals surface area contributed by atoms with Crippen molar-refractivity contribution in [3.8, 4) is 0 Å². The fourth-order valence-corrected chi connectivity index (χ4v) is 1.61. The van der Waals surface area contributed by atoms with E-state index in [0.717, 1.165) is 9.92 Å². The fraction of sp³-hybridized carbons (Fsp3) is 0.286. The molecule has 0 bridgehead atoms. The van der Waals surface area contributed by atoms with Gasteiger partial charge >= 0.3 is 0 Å². The van der Waals surface area contributed by atoms with Crippen LogP contribution < -0.4 is 0 Å². The normalized spacial score (nSPS) is 10.0. The maximum Gasteiger partial charge on any atom is 0.109 e. The van der Waals surface area contributed by atoms with E-state index in [2.05, 4.69) is 17.6 Å². The van der Waals surface area contributed by atoms with Crippen molar-refractivity contribution in [3.05, 3.63) is 18.3 Å². The number of thioether (sulfide) groups is 1. The molecule has 0 aromatic carbocycles. The summed E-state index contributed by atoms with van der Waals surface area (Å²) in [6.45, 7) is 0.175. The average Bonchev–Trinajstić information content (AvgIpc) is 2.03. The molecule has 0 aliphatic rings. The van der Waals surface area contributed by atoms with E-state index in [1.165, 1.54) is 11.8 Å². The Hall–Kier alpha value is -0.190. The zero-order valence-electron chi connectivity index (χ0n) is 5.90. The molecule has 1 N–H and O–H groups in total. The Balaban J connectivity index is 2.62. The molecule has 2 nitrogen and oxygen atoms in total. The topological polar surface area (TPSA) is 33.1 Å². The highest BCUT2D eigenvalue weighted by atomic mass is 32.2. The first-order valence-electron chi connectivity index (χ1n) is 3.22. The maximum atomic E-state index is 8.54. The lowest BCUT2D eigenvalue weighted by molar-refractivity contribution is 0.322. The summed E-state index contributed by atoms with van der Waals surface area (Å²) < 4.78 is 0. The molecule has 0 aliphatic heterocycles. The average molecular weight is 187 g/mol. The molecule has 0 aliphatic carbocycles. The van der Waals surface area contributed by atoms with Gasteiger partial charge in [-0.2, -0.15) is 0 Å². The van der Waals surface area contributed by atoms with Crippen LogP contribution in [0.3, 0.4) is 0 Å². The Morgan fingerprint density at radius 1 is 1.64 bits per heavy atom. The Kier molecular flexibility index (Phi) is 3.76. The van der Waals surface area contributed by atoms with Crippen molar-refractivity contribution < 1.29 is 5.11 Å². The van der Waals surface area contributed by atoms with Gasteiger partial charge in [0.15, 0.2) is 0 Å². The summed E-state index contributed by atoms with van der Waals surface area (Å²) in [7, 11) is 0. The molecular formula is C7H9NOS2. The quantitative estimate of drug-likeness (QED) is 0.555. The lowest BCUT2D eigenvalue weighted by Gasteiger charge is -1.99. The lowest BCUT2D eigenvalue weighted by Crippen LogP contribution is -1.88. The van der Waals surface area contributed by atoms with Crippen LogP contribution >= 0.6 is 24.4 Å². The zero-order chi connectivity index (χ0) is 8.10. The van der Waals surface area contributed by atoms with Crippen LogP contribution in [-0.2, 0) is 0 Å². The van der Waals surface area contributed by atoms with E-state index >= 15 is 0 Å². The second-order valence-electron chi connectivity index (χ2n) is 1.90. The van der Waals surface area contributed by atoms with Crippen molar-refractivity contribution in [2.75, 3.05) is 12.4 Å². The van der Waals surface area contributed by atoms with Gasteiger partial charge in [0.05, 0.1) is 6.61 Å². The Morgan fingerprint density at radius 3 is 3.09 bits per heavy atom. The minimum Gasteiger partial charge on any atom is -0.396 e. The SMILES string of the molecule is OCCSc1ncccc1S. The van der Waals surface area contributed by atoms with Gasteiger partial charge in [-0.1, -0.05) is 0 Å². The molecule has 1 heterocycles. The molecular weight excluding hydrogens is 178 g/mol. The summed E-state index contributed by atoms with van der Waals surface area (Å²) in [5.74, 6) is 0.671. The van der Waals surface area contributed by atoms with Crippen LogP contribution in [0.25, 0.3) is 0 Å². The van der Waals surface area contributed by atoms with Gasteiger partial charge in [-0.3, -0.25) is 0 Å². The highest BCUT2D eigenvalue weighted by Crippen LogP contribution is 2.21. The van der Waals surface area contributed by atoms with E-state index < -0.39 is 0 Å². The third-order valence-electron chi connectivity index (χ3n) is 1.08. The molecule has 0 atom stereocenters. The van der Waals surface area contributed by atoms with Gasteiger partial charge in [0.2, 0.25) is 0 Å². The molecule has 0 unspecified atom stereocenters. The van der Waals surface area contributed by atoms with Crippen LogP contribution in [0.15, 0.2) is 28.3 Å². The first-order valence-corrected chi connectivity index (χ1v) is 4.65. The predicted molar refractivity (Wildman–Crippen MR) is 49.3 cm³/mol. The fourth-order valence-electron chi connectivity index (χ4n) is 0.636. The maximum absolute atomic E-state index is 8.54. The van der Waals surface area contributed by atoms with Gasteiger partial charge in [0, 0.05) is 16.8 Å². The second-order valence-corrected chi connectivity index (χ2v) is 3.47. The van der Waals surface area contributed by atoms with Gasteiger partial charge in [-0.05, 0) is 12.1 Å². The Bertz CT molecular complexity index is 229. The van der Waals surface area contributed by atoms with E-state index in [4.69, 9.17) is 5.11 Å². The van der Waals surface area contributed by atoms with Crippen molar-refractivity contribution in [3.63, 3.8) is 0 Å². The molecule has 0 fully saturated rings. The van der Waals surface area contributed by atoms with Gasteiger partial charge < -0.3 is 5.11 Å². The largest absolute Gasteiger partial charge is 0.396 e. The van der Waals surface area contributed by atoms with Crippen LogP contribution in [0.5, 0.6) is 0 Å². The van der Waals surface area contributed by atoms with Gasteiger partial charge in [0.1, 0.15) is 5.03 Å². The van der Waals surface area contributed by atoms with E-state index in [0.29, 0.717) is 5.75 Å². The van der Waals surface area contributed by atoms with Gasteiger partial charge in [0.25, 0.3) is 0 Å². The van der Waals surface area contributed by atoms with Gasteiger partial charge in [-0.15, -0.1) is 24.4 Å². The number of hydrogen-bond acceptors (Lipinski definition) is 4. The van der Waals surface area contributed by atoms with E-state index in [1.807, 2.05) is 12.1 Å². The number of hydrogen-bond donors (Lipinski definition) is 2. The molecule has 60 valence electrons. The minimum absolute atomic E-state index is 0.175. The molecule has 11 heavy (non-hydrogen) atoms. The molecule has 0 saturated carbocycles. The predicted octanol–water partition coefficient (Wildman–Crippen LogP) is 1.45. The van der Waals surface area contributed by atoms with E-state index in [9.17, 15) is 0 Å². The van der Waals surface area contributed by atoms with Gasteiger partial charge in [-0.25, -0.2) is 4.98 Å². The molecule has 0 spiro atoms. The molecule has 1 aromatic rings. The molecule has 0 saturated heterocycles. The van der Waals surface area contributed by atoms with E-state index in [-0.39, 0.29) is 6.61 Å². The zero-order valence-corrected chi connectivity index (χ0v) is 7.61. The number of aliphatic hydroxyl groups excluding tert-OH is 1. The number of aliphatic hydroxyl groups is 1. The number of rotatable bonds is 3. The van der Waals surface area contributed by atoms with Crippen LogP contribution in [0.2, 0.25) is 0 Å². The van der Waals surface area contributed by atoms with Crippen LogP contribution in [0.1, 0.15) is 0 Å². The number of thiol groups is 1. The monoisotopic (exact) mass is 187 g/mol. The summed E-state index contributed by atoms with van der Waals surface area (Å²) in [6, 6.07) is 3.72. The highest BCUT2D eigenvalue weighted by Gasteiger charge is 1.97. The second kappa shape index (κ2) is 4.64. The first kappa shape index (κ1) is 8.90. The number of aromatic nitrogens is 1. The lowest BCUT2D eigenvalue weighted by atomic mass is 10.5. The smallest absolute Gasteiger partial charge is 0.109 e.